The largest absolute Gasteiger partial charge is 0.478 e. The normalized spacial score (nSPS) is 10.6. The number of para-hydroxylation sites is 1. The first-order valence-corrected chi connectivity index (χ1v) is 5.90. The summed E-state index contributed by atoms with van der Waals surface area (Å²) in [6.45, 7) is 1.99. The molecule has 3 nitrogen and oxygen atoms in total. The lowest BCUT2D eigenvalue weighted by Crippen LogP contribution is -1.89. The van der Waals surface area contributed by atoms with E-state index in [9.17, 15) is 4.79 Å². The van der Waals surface area contributed by atoms with Crippen LogP contribution in [0.15, 0.2) is 54.6 Å². The summed E-state index contributed by atoms with van der Waals surface area (Å²) in [4.78, 5) is 10.6. The lowest BCUT2D eigenvalue weighted by Gasteiger charge is -2.09. The van der Waals surface area contributed by atoms with E-state index in [1.165, 1.54) is 6.08 Å². The van der Waals surface area contributed by atoms with Gasteiger partial charge in [0.05, 0.1) is 0 Å². The van der Waals surface area contributed by atoms with Gasteiger partial charge in [-0.15, -0.1) is 0 Å². The molecule has 2 rings (SSSR count). The van der Waals surface area contributed by atoms with Gasteiger partial charge >= 0.3 is 5.97 Å². The second kappa shape index (κ2) is 5.87. The molecule has 0 aliphatic heterocycles. The zero-order valence-corrected chi connectivity index (χ0v) is 10.5. The molecule has 3 heteroatoms. The molecule has 0 fully saturated rings. The van der Waals surface area contributed by atoms with Gasteiger partial charge in [-0.2, -0.15) is 0 Å². The van der Waals surface area contributed by atoms with Gasteiger partial charge < -0.3 is 9.84 Å². The molecule has 0 unspecified atom stereocenters. The fourth-order valence-corrected chi connectivity index (χ4v) is 1.68. The van der Waals surface area contributed by atoms with Gasteiger partial charge in [0.25, 0.3) is 0 Å². The highest BCUT2D eigenvalue weighted by Gasteiger charge is 2.02. The van der Waals surface area contributed by atoms with Crippen molar-refractivity contribution in [2.24, 2.45) is 0 Å². The van der Waals surface area contributed by atoms with Crippen molar-refractivity contribution in [2.75, 3.05) is 0 Å². The molecule has 0 aliphatic carbocycles. The van der Waals surface area contributed by atoms with E-state index in [0.717, 1.165) is 23.0 Å². The Morgan fingerprint density at radius 1 is 1.16 bits per heavy atom. The minimum atomic E-state index is -0.981. The molecule has 19 heavy (non-hydrogen) atoms. The van der Waals surface area contributed by atoms with Crippen molar-refractivity contribution in [1.82, 2.24) is 0 Å². The molecule has 0 amide bonds. The molecule has 0 spiro atoms. The standard InChI is InChI=1S/C16H14O3/c1-12-5-4-7-14(11-12)19-15-8-3-2-6-13(15)9-10-16(17)18/h2-11H,1H3,(H,17,18)/b10-9+. The zero-order valence-electron chi connectivity index (χ0n) is 10.5. The number of hydrogen-bond donors (Lipinski definition) is 1. The molecule has 1 N–H and O–H groups in total. The van der Waals surface area contributed by atoms with Crippen LogP contribution in [-0.2, 0) is 4.79 Å². The molecular weight excluding hydrogens is 240 g/mol. The summed E-state index contributed by atoms with van der Waals surface area (Å²) in [5.41, 5.74) is 1.84. The Hall–Kier alpha value is -2.55. The zero-order chi connectivity index (χ0) is 13.7. The summed E-state index contributed by atoms with van der Waals surface area (Å²) in [7, 11) is 0. The van der Waals surface area contributed by atoms with Crippen molar-refractivity contribution in [2.45, 2.75) is 6.92 Å². The van der Waals surface area contributed by atoms with Gasteiger partial charge in [0.2, 0.25) is 0 Å². The van der Waals surface area contributed by atoms with E-state index >= 15 is 0 Å². The number of aliphatic carboxylic acids is 1. The fraction of sp³-hybridized carbons (Fsp3) is 0.0625. The van der Waals surface area contributed by atoms with Crippen molar-refractivity contribution >= 4 is 12.0 Å². The van der Waals surface area contributed by atoms with Gasteiger partial charge in [-0.05, 0) is 36.8 Å². The molecule has 0 radical (unpaired) electrons. The van der Waals surface area contributed by atoms with E-state index in [-0.39, 0.29) is 0 Å². The number of benzene rings is 2. The molecule has 0 saturated heterocycles. The highest BCUT2D eigenvalue weighted by molar-refractivity contribution is 5.85. The molecule has 2 aromatic carbocycles. The van der Waals surface area contributed by atoms with E-state index in [1.807, 2.05) is 55.5 Å². The predicted molar refractivity (Wildman–Crippen MR) is 74.4 cm³/mol. The van der Waals surface area contributed by atoms with Crippen molar-refractivity contribution < 1.29 is 14.6 Å². The van der Waals surface area contributed by atoms with E-state index in [4.69, 9.17) is 9.84 Å². The first kappa shape index (κ1) is 12.9. The van der Waals surface area contributed by atoms with Crippen LogP contribution in [0.3, 0.4) is 0 Å². The van der Waals surface area contributed by atoms with Crippen LogP contribution in [0.1, 0.15) is 11.1 Å². The monoisotopic (exact) mass is 254 g/mol. The molecule has 0 heterocycles. The molecule has 2 aromatic rings. The Kier molecular flexibility index (Phi) is 3.98. The van der Waals surface area contributed by atoms with Gasteiger partial charge in [-0.1, -0.05) is 30.3 Å². The molecule has 0 atom stereocenters. The van der Waals surface area contributed by atoms with E-state index in [0.29, 0.717) is 5.75 Å². The van der Waals surface area contributed by atoms with Crippen LogP contribution in [0.5, 0.6) is 11.5 Å². The highest BCUT2D eigenvalue weighted by Crippen LogP contribution is 2.26. The Bertz CT molecular complexity index is 615. The summed E-state index contributed by atoms with van der Waals surface area (Å²) < 4.78 is 5.78. The Morgan fingerprint density at radius 3 is 2.68 bits per heavy atom. The van der Waals surface area contributed by atoms with E-state index < -0.39 is 5.97 Å². The maximum atomic E-state index is 10.6. The highest BCUT2D eigenvalue weighted by atomic mass is 16.5. The predicted octanol–water partition coefficient (Wildman–Crippen LogP) is 3.89. The third kappa shape index (κ3) is 3.71. The van der Waals surface area contributed by atoms with Crippen LogP contribution in [0.2, 0.25) is 0 Å². The van der Waals surface area contributed by atoms with Crippen molar-refractivity contribution in [3.8, 4) is 11.5 Å². The van der Waals surface area contributed by atoms with Crippen LogP contribution in [-0.4, -0.2) is 11.1 Å². The number of aryl methyl sites for hydroxylation is 1. The second-order valence-corrected chi connectivity index (χ2v) is 4.13. The van der Waals surface area contributed by atoms with Crippen LogP contribution in [0.4, 0.5) is 0 Å². The van der Waals surface area contributed by atoms with Gasteiger partial charge in [0.1, 0.15) is 11.5 Å². The average Bonchev–Trinajstić information content (AvgIpc) is 2.38. The topological polar surface area (TPSA) is 46.5 Å². The van der Waals surface area contributed by atoms with E-state index in [1.54, 1.807) is 0 Å². The van der Waals surface area contributed by atoms with Crippen LogP contribution in [0.25, 0.3) is 6.08 Å². The van der Waals surface area contributed by atoms with Gasteiger partial charge in [0.15, 0.2) is 0 Å². The van der Waals surface area contributed by atoms with E-state index in [2.05, 4.69) is 0 Å². The van der Waals surface area contributed by atoms with Crippen LogP contribution >= 0.6 is 0 Å². The number of carbonyl (C=O) groups is 1. The summed E-state index contributed by atoms with van der Waals surface area (Å²) in [6.07, 6.45) is 2.62. The molecule has 96 valence electrons. The summed E-state index contributed by atoms with van der Waals surface area (Å²) >= 11 is 0. The maximum Gasteiger partial charge on any atom is 0.328 e. The Morgan fingerprint density at radius 2 is 1.95 bits per heavy atom. The second-order valence-electron chi connectivity index (χ2n) is 4.13. The maximum absolute atomic E-state index is 10.6. The third-order valence-electron chi connectivity index (χ3n) is 2.54. The molecule has 0 aliphatic rings. The van der Waals surface area contributed by atoms with Crippen LogP contribution in [0, 0.1) is 6.92 Å². The van der Waals surface area contributed by atoms with Gasteiger partial charge in [-0.3, -0.25) is 0 Å². The van der Waals surface area contributed by atoms with Crippen molar-refractivity contribution in [1.29, 1.82) is 0 Å². The number of carboxylic acids is 1. The number of hydrogen-bond acceptors (Lipinski definition) is 2. The lowest BCUT2D eigenvalue weighted by molar-refractivity contribution is -0.131. The molecule has 0 saturated carbocycles. The SMILES string of the molecule is Cc1cccc(Oc2ccccc2/C=C/C(=O)O)c1. The van der Waals surface area contributed by atoms with Gasteiger partial charge in [-0.25, -0.2) is 4.79 Å². The average molecular weight is 254 g/mol. The smallest absolute Gasteiger partial charge is 0.328 e. The van der Waals surface area contributed by atoms with Gasteiger partial charge in [0, 0.05) is 11.6 Å². The Balaban J connectivity index is 2.27. The summed E-state index contributed by atoms with van der Waals surface area (Å²) in [5, 5.41) is 8.66. The first-order valence-electron chi connectivity index (χ1n) is 5.90. The number of rotatable bonds is 4. The molecule has 0 bridgehead atoms. The third-order valence-corrected chi connectivity index (χ3v) is 2.54. The molecular formula is C16H14O3. The minimum absolute atomic E-state index is 0.630. The Labute approximate surface area is 111 Å². The van der Waals surface area contributed by atoms with Crippen LogP contribution < -0.4 is 4.74 Å². The lowest BCUT2D eigenvalue weighted by atomic mass is 10.2. The quantitative estimate of drug-likeness (QED) is 0.842. The summed E-state index contributed by atoms with van der Waals surface area (Å²) in [5.74, 6) is 0.382. The fourth-order valence-electron chi connectivity index (χ4n) is 1.68. The summed E-state index contributed by atoms with van der Waals surface area (Å²) in [6, 6.07) is 15.0. The molecule has 0 aromatic heterocycles. The first-order chi connectivity index (χ1) is 9.15. The number of carboxylic acid groups (broad SMARTS) is 1. The van der Waals surface area contributed by atoms with Crippen molar-refractivity contribution in [3.63, 3.8) is 0 Å². The van der Waals surface area contributed by atoms with Crippen molar-refractivity contribution in [3.05, 3.63) is 65.7 Å². The number of ether oxygens (including phenoxy) is 1. The minimum Gasteiger partial charge on any atom is -0.478 e.